The van der Waals surface area contributed by atoms with Crippen LogP contribution in [0, 0.1) is 11.8 Å². The Morgan fingerprint density at radius 2 is 1.60 bits per heavy atom. The van der Waals surface area contributed by atoms with Gasteiger partial charge in [0.25, 0.3) is 11.8 Å². The Kier molecular flexibility index (Phi) is 1.07. The quantitative estimate of drug-likeness (QED) is 0.445. The molecule has 1 aliphatic heterocycles. The van der Waals surface area contributed by atoms with Crippen molar-refractivity contribution in [2.24, 2.45) is 11.8 Å². The summed E-state index contributed by atoms with van der Waals surface area (Å²) in [7, 11) is 0. The molecule has 2 unspecified atom stereocenters. The zero-order valence-electron chi connectivity index (χ0n) is 5.54. The third-order valence-corrected chi connectivity index (χ3v) is 2.37. The Bertz CT molecular complexity index is 180. The predicted molar refractivity (Wildman–Crippen MR) is 33.0 cm³/mol. The van der Waals surface area contributed by atoms with Crippen LogP contribution in [-0.2, 0) is 9.59 Å². The molecule has 2 amide bonds. The van der Waals surface area contributed by atoms with E-state index in [1.807, 2.05) is 0 Å². The Morgan fingerprint density at radius 1 is 1.10 bits per heavy atom. The van der Waals surface area contributed by atoms with E-state index < -0.39 is 0 Å². The van der Waals surface area contributed by atoms with E-state index >= 15 is 0 Å². The molecule has 0 aromatic heterocycles. The summed E-state index contributed by atoms with van der Waals surface area (Å²) in [5.74, 6) is -0.417. The summed E-state index contributed by atoms with van der Waals surface area (Å²) < 4.78 is 0. The minimum absolute atomic E-state index is 0.0347. The third kappa shape index (κ3) is 0.602. The standard InChI is InChI=1S/C7H8NO2/c9-6-4-2-1-3-5(4)7(10)8-6/h4-5H,1-3H2. The third-order valence-electron chi connectivity index (χ3n) is 2.37. The second-order valence-electron chi connectivity index (χ2n) is 2.93. The van der Waals surface area contributed by atoms with Crippen LogP contribution >= 0.6 is 0 Å². The molecule has 2 fully saturated rings. The molecule has 1 saturated heterocycles. The van der Waals surface area contributed by atoms with Gasteiger partial charge in [0.15, 0.2) is 0 Å². The highest BCUT2D eigenvalue weighted by molar-refractivity contribution is 6.04. The molecule has 1 heterocycles. The highest BCUT2D eigenvalue weighted by Gasteiger charge is 2.45. The van der Waals surface area contributed by atoms with Crippen LogP contribution in [0.2, 0.25) is 0 Å². The Hall–Kier alpha value is -0.860. The van der Waals surface area contributed by atoms with E-state index in [1.165, 1.54) is 0 Å². The van der Waals surface area contributed by atoms with E-state index in [2.05, 4.69) is 5.32 Å². The SMILES string of the molecule is O=C1[N]C(=O)C2CCCC12. The van der Waals surface area contributed by atoms with Crippen LogP contribution in [0.3, 0.4) is 0 Å². The fourth-order valence-corrected chi connectivity index (χ4v) is 1.83. The fraction of sp³-hybridized carbons (Fsp3) is 0.714. The van der Waals surface area contributed by atoms with Gasteiger partial charge in [0.05, 0.1) is 11.8 Å². The van der Waals surface area contributed by atoms with E-state index in [0.717, 1.165) is 19.3 Å². The van der Waals surface area contributed by atoms with Crippen molar-refractivity contribution in [3.63, 3.8) is 0 Å². The summed E-state index contributed by atoms with van der Waals surface area (Å²) in [6, 6.07) is 0. The molecule has 2 aliphatic rings. The maximum atomic E-state index is 10.9. The van der Waals surface area contributed by atoms with Gasteiger partial charge in [0.1, 0.15) is 0 Å². The molecular formula is C7H8NO2. The monoisotopic (exact) mass is 138 g/mol. The van der Waals surface area contributed by atoms with E-state index in [0.29, 0.717) is 0 Å². The van der Waals surface area contributed by atoms with Crippen molar-refractivity contribution in [1.29, 1.82) is 0 Å². The molecule has 0 aromatic carbocycles. The lowest BCUT2D eigenvalue weighted by Crippen LogP contribution is -2.14. The molecule has 2 rings (SSSR count). The van der Waals surface area contributed by atoms with Gasteiger partial charge in [0, 0.05) is 0 Å². The van der Waals surface area contributed by atoms with Crippen LogP contribution in [0.4, 0.5) is 0 Å². The number of nitrogens with zero attached hydrogens (tertiary/aromatic N) is 1. The van der Waals surface area contributed by atoms with Gasteiger partial charge in [-0.3, -0.25) is 9.59 Å². The molecule has 1 aliphatic carbocycles. The summed E-state index contributed by atoms with van der Waals surface area (Å²) in [5, 5.41) is 3.40. The number of carbonyl (C=O) groups excluding carboxylic acids is 2. The lowest BCUT2D eigenvalue weighted by molar-refractivity contribution is -0.126. The van der Waals surface area contributed by atoms with Crippen molar-refractivity contribution in [2.75, 3.05) is 0 Å². The van der Waals surface area contributed by atoms with Gasteiger partial charge in [-0.15, -0.1) is 0 Å². The van der Waals surface area contributed by atoms with Crippen LogP contribution in [-0.4, -0.2) is 11.8 Å². The van der Waals surface area contributed by atoms with Gasteiger partial charge in [-0.1, -0.05) is 6.42 Å². The first-order chi connectivity index (χ1) is 4.79. The second kappa shape index (κ2) is 1.81. The van der Waals surface area contributed by atoms with E-state index in [4.69, 9.17) is 0 Å². The van der Waals surface area contributed by atoms with Crippen molar-refractivity contribution in [3.05, 3.63) is 0 Å². The number of fused-ring (bicyclic) bond motifs is 1. The maximum absolute atomic E-state index is 10.9. The smallest absolute Gasteiger partial charge is 0.252 e. The van der Waals surface area contributed by atoms with Crippen LogP contribution < -0.4 is 5.32 Å². The zero-order valence-corrected chi connectivity index (χ0v) is 5.54. The summed E-state index contributed by atoms with van der Waals surface area (Å²) >= 11 is 0. The molecular weight excluding hydrogens is 130 g/mol. The van der Waals surface area contributed by atoms with Gasteiger partial charge >= 0.3 is 0 Å². The van der Waals surface area contributed by atoms with Gasteiger partial charge in [-0.05, 0) is 12.8 Å². The number of amides is 2. The van der Waals surface area contributed by atoms with Crippen molar-refractivity contribution in [1.82, 2.24) is 5.32 Å². The zero-order chi connectivity index (χ0) is 7.14. The summed E-state index contributed by atoms with van der Waals surface area (Å²) in [6.07, 6.45) is 2.76. The normalized spacial score (nSPS) is 38.0. The molecule has 0 aromatic rings. The molecule has 3 heteroatoms. The average Bonchev–Trinajstić information content (AvgIpc) is 2.39. The fourth-order valence-electron chi connectivity index (χ4n) is 1.83. The van der Waals surface area contributed by atoms with Gasteiger partial charge < -0.3 is 0 Å². The number of hydrogen-bond donors (Lipinski definition) is 0. The second-order valence-corrected chi connectivity index (χ2v) is 2.93. The first kappa shape index (κ1) is 5.89. The van der Waals surface area contributed by atoms with Crippen molar-refractivity contribution in [2.45, 2.75) is 19.3 Å². The summed E-state index contributed by atoms with van der Waals surface area (Å²) in [5.41, 5.74) is 0. The lowest BCUT2D eigenvalue weighted by atomic mass is 10.00. The van der Waals surface area contributed by atoms with E-state index in [-0.39, 0.29) is 23.7 Å². The van der Waals surface area contributed by atoms with Crippen molar-refractivity contribution >= 4 is 11.8 Å². The maximum Gasteiger partial charge on any atom is 0.252 e. The first-order valence-electron chi connectivity index (χ1n) is 3.58. The minimum atomic E-state index is -0.174. The molecule has 1 radical (unpaired) electrons. The summed E-state index contributed by atoms with van der Waals surface area (Å²) in [4.78, 5) is 21.8. The molecule has 2 atom stereocenters. The lowest BCUT2D eigenvalue weighted by Gasteiger charge is -1.98. The van der Waals surface area contributed by atoms with Crippen LogP contribution in [0.25, 0.3) is 0 Å². The largest absolute Gasteiger partial charge is 0.272 e. The van der Waals surface area contributed by atoms with Crippen LogP contribution in [0.15, 0.2) is 0 Å². The highest BCUT2D eigenvalue weighted by atomic mass is 16.2. The van der Waals surface area contributed by atoms with Crippen molar-refractivity contribution < 1.29 is 9.59 Å². The molecule has 53 valence electrons. The number of hydrogen-bond acceptors (Lipinski definition) is 2. The van der Waals surface area contributed by atoms with E-state index in [9.17, 15) is 9.59 Å². The molecule has 10 heavy (non-hydrogen) atoms. The number of carbonyl (C=O) groups is 2. The molecule has 1 saturated carbocycles. The number of rotatable bonds is 0. The Labute approximate surface area is 58.8 Å². The first-order valence-corrected chi connectivity index (χ1v) is 3.58. The van der Waals surface area contributed by atoms with Crippen molar-refractivity contribution in [3.8, 4) is 0 Å². The molecule has 0 spiro atoms. The molecule has 0 bridgehead atoms. The van der Waals surface area contributed by atoms with Crippen LogP contribution in [0.5, 0.6) is 0 Å². The van der Waals surface area contributed by atoms with Gasteiger partial charge in [-0.25, -0.2) is 0 Å². The highest BCUT2D eigenvalue weighted by Crippen LogP contribution is 2.36. The van der Waals surface area contributed by atoms with Crippen LogP contribution in [0.1, 0.15) is 19.3 Å². The Balaban J connectivity index is 2.27. The molecule has 3 nitrogen and oxygen atoms in total. The van der Waals surface area contributed by atoms with Gasteiger partial charge in [-0.2, -0.15) is 5.32 Å². The van der Waals surface area contributed by atoms with Gasteiger partial charge in [0.2, 0.25) is 0 Å². The number of imide groups is 1. The van der Waals surface area contributed by atoms with E-state index in [1.54, 1.807) is 0 Å². The predicted octanol–water partition coefficient (Wildman–Crippen LogP) is 0.0739. The topological polar surface area (TPSA) is 48.2 Å². The molecule has 0 N–H and O–H groups in total. The Morgan fingerprint density at radius 3 is 2.10 bits per heavy atom. The summed E-state index contributed by atoms with van der Waals surface area (Å²) in [6.45, 7) is 0. The minimum Gasteiger partial charge on any atom is -0.272 e. The average molecular weight is 138 g/mol.